The molecule has 2 saturated heterocycles. The Kier molecular flexibility index (Phi) is 4.61. The topological polar surface area (TPSA) is 97.0 Å². The molecule has 1 aromatic rings. The summed E-state index contributed by atoms with van der Waals surface area (Å²) in [6, 6.07) is 1.41. The maximum Gasteiger partial charge on any atom is 0.407 e. The van der Waals surface area contributed by atoms with Gasteiger partial charge in [-0.3, -0.25) is 0 Å². The molecule has 1 aromatic heterocycles. The maximum absolute atomic E-state index is 12.5. The van der Waals surface area contributed by atoms with Gasteiger partial charge in [-0.05, 0) is 24.3 Å². The van der Waals surface area contributed by atoms with Gasteiger partial charge in [0.1, 0.15) is 10.5 Å². The Balaban J connectivity index is 1.63. The van der Waals surface area contributed by atoms with Crippen molar-refractivity contribution in [2.75, 3.05) is 32.1 Å². The van der Waals surface area contributed by atoms with Gasteiger partial charge >= 0.3 is 18.1 Å². The van der Waals surface area contributed by atoms with Gasteiger partial charge in [0, 0.05) is 19.5 Å². The Morgan fingerprint density at radius 1 is 1.42 bits per heavy atom. The summed E-state index contributed by atoms with van der Waals surface area (Å²) < 4.78 is 10.1. The second-order valence-electron chi connectivity index (χ2n) is 5.85. The predicted octanol–water partition coefficient (Wildman–Crippen LogP) is 2.03. The molecule has 3 rings (SSSR count). The molecule has 2 aliphatic rings. The summed E-state index contributed by atoms with van der Waals surface area (Å²) in [4.78, 5) is 37.5. The van der Waals surface area contributed by atoms with E-state index in [1.807, 2.05) is 0 Å². The zero-order chi connectivity index (χ0) is 17.2. The molecule has 0 aromatic carbocycles. The van der Waals surface area contributed by atoms with Crippen LogP contribution >= 0.6 is 11.3 Å². The quantitative estimate of drug-likeness (QED) is 0.793. The van der Waals surface area contributed by atoms with Crippen LogP contribution in [0.2, 0.25) is 0 Å². The molecule has 1 atom stereocenters. The van der Waals surface area contributed by atoms with E-state index in [-0.39, 0.29) is 6.03 Å². The average molecular weight is 353 g/mol. The lowest BCUT2D eigenvalue weighted by atomic mass is 9.95. The summed E-state index contributed by atoms with van der Waals surface area (Å²) in [7, 11) is 1.30. The normalized spacial score (nSPS) is 23.4. The van der Waals surface area contributed by atoms with Gasteiger partial charge in [0.05, 0.1) is 19.3 Å². The molecule has 3 heterocycles. The van der Waals surface area contributed by atoms with Crippen molar-refractivity contribution >= 4 is 35.1 Å². The zero-order valence-corrected chi connectivity index (χ0v) is 14.1. The lowest BCUT2D eigenvalue weighted by Crippen LogP contribution is -2.38. The predicted molar refractivity (Wildman–Crippen MR) is 87.3 cm³/mol. The van der Waals surface area contributed by atoms with Crippen molar-refractivity contribution in [1.29, 1.82) is 0 Å². The highest BCUT2D eigenvalue weighted by atomic mass is 32.1. The largest absolute Gasteiger partial charge is 0.465 e. The van der Waals surface area contributed by atoms with Gasteiger partial charge in [0.2, 0.25) is 0 Å². The van der Waals surface area contributed by atoms with Gasteiger partial charge in [-0.2, -0.15) is 0 Å². The summed E-state index contributed by atoms with van der Waals surface area (Å²) in [6.07, 6.45) is 1.66. The Bertz CT molecular complexity index is 661. The molecule has 2 aliphatic heterocycles. The van der Waals surface area contributed by atoms with Crippen molar-refractivity contribution in [2.24, 2.45) is 0 Å². The number of carbonyl (C=O) groups excluding carboxylic acids is 3. The van der Waals surface area contributed by atoms with Crippen LogP contribution in [0.3, 0.4) is 0 Å². The molecule has 0 saturated carbocycles. The molecule has 0 aliphatic carbocycles. The fourth-order valence-electron chi connectivity index (χ4n) is 3.00. The summed E-state index contributed by atoms with van der Waals surface area (Å²) in [5.74, 6) is -0.473. The van der Waals surface area contributed by atoms with Crippen molar-refractivity contribution in [1.82, 2.24) is 10.2 Å². The molecule has 3 amide bonds. The van der Waals surface area contributed by atoms with Crippen LogP contribution < -0.4 is 10.6 Å². The number of thiophene rings is 1. The first-order valence-electron chi connectivity index (χ1n) is 7.72. The van der Waals surface area contributed by atoms with Gasteiger partial charge in [0.25, 0.3) is 0 Å². The van der Waals surface area contributed by atoms with E-state index in [2.05, 4.69) is 10.6 Å². The second kappa shape index (κ2) is 6.68. The van der Waals surface area contributed by atoms with Gasteiger partial charge < -0.3 is 25.0 Å². The number of nitrogens with zero attached hydrogens (tertiary/aromatic N) is 1. The van der Waals surface area contributed by atoms with Crippen LogP contribution in [0, 0.1) is 0 Å². The van der Waals surface area contributed by atoms with E-state index >= 15 is 0 Å². The summed E-state index contributed by atoms with van der Waals surface area (Å²) in [6.45, 7) is 1.54. The van der Waals surface area contributed by atoms with Crippen LogP contribution in [-0.4, -0.2) is 55.3 Å². The number of likely N-dealkylation sites (tertiary alicyclic amines) is 1. The molecule has 2 fully saturated rings. The van der Waals surface area contributed by atoms with Crippen molar-refractivity contribution in [3.8, 4) is 0 Å². The number of amides is 3. The number of alkyl carbamates (subject to hydrolysis) is 1. The molecule has 8 nitrogen and oxygen atoms in total. The van der Waals surface area contributed by atoms with Gasteiger partial charge in [-0.1, -0.05) is 0 Å². The molecule has 24 heavy (non-hydrogen) atoms. The highest BCUT2D eigenvalue weighted by Gasteiger charge is 2.41. The molecule has 2 N–H and O–H groups in total. The number of rotatable bonds is 2. The first kappa shape index (κ1) is 16.6. The molecular weight excluding hydrogens is 334 g/mol. The number of urea groups is 1. The van der Waals surface area contributed by atoms with Gasteiger partial charge in [-0.25, -0.2) is 14.4 Å². The van der Waals surface area contributed by atoms with Crippen LogP contribution in [0.15, 0.2) is 11.4 Å². The first-order chi connectivity index (χ1) is 11.5. The standard InChI is InChI=1S/C15H19N3O5S/c1-22-12(19)11-10(3-8-24-11)17-13(20)18-6-2-4-15(5-7-18)9-16-14(21)23-15/h3,8H,2,4-7,9H2,1H3,(H,16,21)(H,17,20). The summed E-state index contributed by atoms with van der Waals surface area (Å²) in [5.41, 5.74) is -0.0594. The minimum atomic E-state index is -0.508. The lowest BCUT2D eigenvalue weighted by molar-refractivity contribution is 0.0454. The number of hydrogen-bond acceptors (Lipinski definition) is 6. The number of ether oxygens (including phenoxy) is 2. The fraction of sp³-hybridized carbons (Fsp3) is 0.533. The SMILES string of the molecule is COC(=O)c1sccc1NC(=O)N1CCCC2(CC1)CNC(=O)O2. The zero-order valence-electron chi connectivity index (χ0n) is 13.3. The van der Waals surface area contributed by atoms with Crippen LogP contribution in [-0.2, 0) is 9.47 Å². The number of esters is 1. The first-order valence-corrected chi connectivity index (χ1v) is 8.59. The Morgan fingerprint density at radius 2 is 2.25 bits per heavy atom. The third-order valence-corrected chi connectivity index (χ3v) is 5.22. The van der Waals surface area contributed by atoms with Crippen molar-refractivity contribution < 1.29 is 23.9 Å². The van der Waals surface area contributed by atoms with Crippen molar-refractivity contribution in [2.45, 2.75) is 24.9 Å². The van der Waals surface area contributed by atoms with E-state index < -0.39 is 17.7 Å². The van der Waals surface area contributed by atoms with Crippen LogP contribution in [0.4, 0.5) is 15.3 Å². The van der Waals surface area contributed by atoms with Crippen LogP contribution in [0.5, 0.6) is 0 Å². The second-order valence-corrected chi connectivity index (χ2v) is 6.77. The van der Waals surface area contributed by atoms with Crippen LogP contribution in [0.25, 0.3) is 0 Å². The number of methoxy groups -OCH3 is 1. The van der Waals surface area contributed by atoms with E-state index in [1.54, 1.807) is 16.3 Å². The molecule has 9 heteroatoms. The average Bonchev–Trinajstić information content (AvgIpc) is 3.10. The summed E-state index contributed by atoms with van der Waals surface area (Å²) in [5, 5.41) is 7.17. The lowest BCUT2D eigenvalue weighted by Gasteiger charge is -2.25. The molecule has 130 valence electrons. The molecular formula is C15H19N3O5S. The molecule has 0 radical (unpaired) electrons. The fourth-order valence-corrected chi connectivity index (χ4v) is 3.77. The minimum absolute atomic E-state index is 0.270. The Hall–Kier alpha value is -2.29. The van der Waals surface area contributed by atoms with E-state index in [1.165, 1.54) is 18.4 Å². The Morgan fingerprint density at radius 3 is 2.96 bits per heavy atom. The molecule has 1 unspecified atom stereocenters. The minimum Gasteiger partial charge on any atom is -0.465 e. The van der Waals surface area contributed by atoms with E-state index in [0.717, 1.165) is 12.8 Å². The molecule has 0 bridgehead atoms. The third-order valence-electron chi connectivity index (χ3n) is 4.33. The van der Waals surface area contributed by atoms with Gasteiger partial charge in [0.15, 0.2) is 0 Å². The van der Waals surface area contributed by atoms with E-state index in [0.29, 0.717) is 36.6 Å². The van der Waals surface area contributed by atoms with Crippen molar-refractivity contribution in [3.63, 3.8) is 0 Å². The monoisotopic (exact) mass is 353 g/mol. The smallest absolute Gasteiger partial charge is 0.407 e. The van der Waals surface area contributed by atoms with E-state index in [4.69, 9.17) is 9.47 Å². The van der Waals surface area contributed by atoms with Crippen LogP contribution in [0.1, 0.15) is 28.9 Å². The maximum atomic E-state index is 12.5. The number of anilines is 1. The Labute approximate surface area is 143 Å². The van der Waals surface area contributed by atoms with E-state index in [9.17, 15) is 14.4 Å². The van der Waals surface area contributed by atoms with Gasteiger partial charge in [-0.15, -0.1) is 11.3 Å². The summed E-state index contributed by atoms with van der Waals surface area (Å²) >= 11 is 1.22. The highest BCUT2D eigenvalue weighted by Crippen LogP contribution is 2.30. The number of carbonyl (C=O) groups is 3. The number of hydrogen-bond donors (Lipinski definition) is 2. The van der Waals surface area contributed by atoms with Crippen molar-refractivity contribution in [3.05, 3.63) is 16.3 Å². The molecule has 1 spiro atoms. The third kappa shape index (κ3) is 3.30. The highest BCUT2D eigenvalue weighted by molar-refractivity contribution is 7.12. The number of nitrogens with one attached hydrogen (secondary N) is 2.